The summed E-state index contributed by atoms with van der Waals surface area (Å²) in [6.45, 7) is 11.7. The van der Waals surface area contributed by atoms with E-state index in [-0.39, 0.29) is 11.9 Å². The molecule has 1 aromatic heterocycles. The Balaban J connectivity index is 1.23. The summed E-state index contributed by atoms with van der Waals surface area (Å²) in [6, 6.07) is 15.0. The topological polar surface area (TPSA) is 51.7 Å². The normalized spacial score (nSPS) is 19.0. The maximum atomic E-state index is 12.7. The summed E-state index contributed by atoms with van der Waals surface area (Å²) in [5.74, 6) is 0.0411. The summed E-state index contributed by atoms with van der Waals surface area (Å²) >= 11 is 0. The molecule has 3 heterocycles. The largest absolute Gasteiger partial charge is 0.369 e. The average molecular weight is 422 g/mol. The number of nitrogens with zero attached hydrogens (tertiary/aromatic N) is 4. The van der Waals surface area contributed by atoms with E-state index >= 15 is 0 Å². The molecule has 1 N–H and O–H groups in total. The lowest BCUT2D eigenvalue weighted by Crippen LogP contribution is -2.48. The Morgan fingerprint density at radius 2 is 1.71 bits per heavy atom. The van der Waals surface area contributed by atoms with Crippen molar-refractivity contribution in [1.29, 1.82) is 0 Å². The Hall–Kier alpha value is -2.44. The van der Waals surface area contributed by atoms with Gasteiger partial charge in [0.1, 0.15) is 0 Å². The number of anilines is 1. The quantitative estimate of drug-likeness (QED) is 0.777. The van der Waals surface area contributed by atoms with Crippen molar-refractivity contribution < 1.29 is 4.79 Å². The number of hydrogen-bond donors (Lipinski definition) is 1. The molecule has 6 heteroatoms. The van der Waals surface area contributed by atoms with Crippen LogP contribution >= 0.6 is 0 Å². The minimum atomic E-state index is 0.0411. The molecule has 0 atom stereocenters. The van der Waals surface area contributed by atoms with Crippen molar-refractivity contribution in [2.45, 2.75) is 45.3 Å². The summed E-state index contributed by atoms with van der Waals surface area (Å²) in [5, 5.41) is 3.24. The second kappa shape index (κ2) is 10.2. The molecule has 6 nitrogen and oxygen atoms in total. The highest BCUT2D eigenvalue weighted by Gasteiger charge is 2.22. The summed E-state index contributed by atoms with van der Waals surface area (Å²) in [6.07, 6.45) is 3.81. The van der Waals surface area contributed by atoms with Crippen LogP contribution in [0.1, 0.15) is 42.7 Å². The first-order valence-corrected chi connectivity index (χ1v) is 11.6. The van der Waals surface area contributed by atoms with Gasteiger partial charge in [-0.2, -0.15) is 0 Å². The molecule has 166 valence electrons. The van der Waals surface area contributed by atoms with Crippen LogP contribution in [-0.2, 0) is 6.54 Å². The molecule has 31 heavy (non-hydrogen) atoms. The molecule has 4 rings (SSSR count). The Morgan fingerprint density at radius 1 is 1.00 bits per heavy atom. The number of benzene rings is 1. The van der Waals surface area contributed by atoms with Crippen LogP contribution in [0.3, 0.4) is 0 Å². The Kier molecular flexibility index (Phi) is 7.20. The van der Waals surface area contributed by atoms with Crippen LogP contribution < -0.4 is 10.2 Å². The zero-order valence-electron chi connectivity index (χ0n) is 18.8. The number of piperazine rings is 1. The predicted octanol–water partition coefficient (Wildman–Crippen LogP) is 3.01. The number of nitrogens with one attached hydrogen (secondary N) is 1. The van der Waals surface area contributed by atoms with Gasteiger partial charge >= 0.3 is 0 Å². The van der Waals surface area contributed by atoms with E-state index in [2.05, 4.69) is 57.0 Å². The zero-order chi connectivity index (χ0) is 21.6. The molecule has 1 amide bonds. The SMILES string of the molecule is CC(C)N1CCN(c2ccc(C(=O)NC3CCN(Cc4ccccn4)CC3)cc2)CC1. The molecule has 0 unspecified atom stereocenters. The maximum absolute atomic E-state index is 12.7. The van der Waals surface area contributed by atoms with E-state index in [0.29, 0.717) is 6.04 Å². The van der Waals surface area contributed by atoms with E-state index in [1.165, 1.54) is 5.69 Å². The summed E-state index contributed by atoms with van der Waals surface area (Å²) in [4.78, 5) is 24.5. The number of hydrogen-bond acceptors (Lipinski definition) is 5. The van der Waals surface area contributed by atoms with Gasteiger partial charge in [0.15, 0.2) is 0 Å². The van der Waals surface area contributed by atoms with Crippen molar-refractivity contribution in [3.63, 3.8) is 0 Å². The lowest BCUT2D eigenvalue weighted by molar-refractivity contribution is 0.0908. The van der Waals surface area contributed by atoms with Crippen molar-refractivity contribution in [1.82, 2.24) is 20.1 Å². The van der Waals surface area contributed by atoms with E-state index in [1.54, 1.807) is 0 Å². The summed E-state index contributed by atoms with van der Waals surface area (Å²) in [7, 11) is 0. The highest BCUT2D eigenvalue weighted by Crippen LogP contribution is 2.19. The van der Waals surface area contributed by atoms with Crippen LogP contribution in [-0.4, -0.2) is 72.0 Å². The number of aromatic nitrogens is 1. The minimum absolute atomic E-state index is 0.0411. The fraction of sp³-hybridized carbons (Fsp3) is 0.520. The monoisotopic (exact) mass is 421 g/mol. The third kappa shape index (κ3) is 5.83. The van der Waals surface area contributed by atoms with Crippen molar-refractivity contribution in [3.8, 4) is 0 Å². The highest BCUT2D eigenvalue weighted by molar-refractivity contribution is 5.94. The van der Waals surface area contributed by atoms with E-state index in [4.69, 9.17) is 0 Å². The number of carbonyl (C=O) groups is 1. The molecule has 0 saturated carbocycles. The first-order chi connectivity index (χ1) is 15.1. The molecule has 2 fully saturated rings. The van der Waals surface area contributed by atoms with Gasteiger partial charge in [-0.25, -0.2) is 0 Å². The number of piperidine rings is 1. The second-order valence-corrected chi connectivity index (χ2v) is 9.01. The predicted molar refractivity (Wildman–Crippen MR) is 125 cm³/mol. The fourth-order valence-corrected chi connectivity index (χ4v) is 4.55. The number of amides is 1. The lowest BCUT2D eigenvalue weighted by Gasteiger charge is -2.38. The summed E-state index contributed by atoms with van der Waals surface area (Å²) < 4.78 is 0. The standard InChI is InChI=1S/C25H35N5O/c1-20(2)29-15-17-30(18-16-29)24-8-6-21(7-9-24)25(31)27-22-10-13-28(14-11-22)19-23-5-3-4-12-26-23/h3-9,12,20,22H,10-11,13-19H2,1-2H3,(H,27,31). The van der Waals surface area contributed by atoms with Crippen LogP contribution in [0.25, 0.3) is 0 Å². The smallest absolute Gasteiger partial charge is 0.251 e. The third-order valence-corrected chi connectivity index (χ3v) is 6.57. The van der Waals surface area contributed by atoms with Crippen molar-refractivity contribution >= 4 is 11.6 Å². The molecule has 2 aliphatic rings. The van der Waals surface area contributed by atoms with Gasteiger partial charge in [-0.15, -0.1) is 0 Å². The van der Waals surface area contributed by atoms with Gasteiger partial charge < -0.3 is 10.2 Å². The fourth-order valence-electron chi connectivity index (χ4n) is 4.55. The minimum Gasteiger partial charge on any atom is -0.369 e. The highest BCUT2D eigenvalue weighted by atomic mass is 16.1. The van der Waals surface area contributed by atoms with Crippen molar-refractivity contribution in [3.05, 3.63) is 59.9 Å². The molecule has 1 aromatic carbocycles. The zero-order valence-corrected chi connectivity index (χ0v) is 18.8. The Labute approximate surface area is 186 Å². The lowest BCUT2D eigenvalue weighted by atomic mass is 10.0. The van der Waals surface area contributed by atoms with Gasteiger partial charge in [0, 0.05) is 75.3 Å². The maximum Gasteiger partial charge on any atom is 0.251 e. The molecule has 0 spiro atoms. The molecule has 0 bridgehead atoms. The summed E-state index contributed by atoms with van der Waals surface area (Å²) in [5.41, 5.74) is 3.07. The number of rotatable bonds is 6. The van der Waals surface area contributed by atoms with E-state index in [1.807, 2.05) is 30.5 Å². The van der Waals surface area contributed by atoms with E-state index in [9.17, 15) is 4.79 Å². The van der Waals surface area contributed by atoms with Crippen molar-refractivity contribution in [2.75, 3.05) is 44.2 Å². The average Bonchev–Trinajstić information content (AvgIpc) is 2.81. The van der Waals surface area contributed by atoms with Crippen LogP contribution in [0, 0.1) is 0 Å². The molecular weight excluding hydrogens is 386 g/mol. The van der Waals surface area contributed by atoms with E-state index in [0.717, 1.165) is 69.9 Å². The second-order valence-electron chi connectivity index (χ2n) is 9.01. The van der Waals surface area contributed by atoms with Crippen LogP contribution in [0.2, 0.25) is 0 Å². The van der Waals surface area contributed by atoms with Gasteiger partial charge in [0.05, 0.1) is 5.69 Å². The van der Waals surface area contributed by atoms with Gasteiger partial charge in [-0.3, -0.25) is 19.6 Å². The van der Waals surface area contributed by atoms with Gasteiger partial charge in [0.2, 0.25) is 0 Å². The molecule has 0 radical (unpaired) electrons. The number of carbonyl (C=O) groups excluding carboxylic acids is 1. The van der Waals surface area contributed by atoms with Gasteiger partial charge in [0.25, 0.3) is 5.91 Å². The van der Waals surface area contributed by atoms with Crippen LogP contribution in [0.5, 0.6) is 0 Å². The molecule has 2 aromatic rings. The molecular formula is C25H35N5O. The molecule has 0 aliphatic carbocycles. The number of pyridine rings is 1. The van der Waals surface area contributed by atoms with Crippen LogP contribution in [0.4, 0.5) is 5.69 Å². The first-order valence-electron chi connectivity index (χ1n) is 11.6. The van der Waals surface area contributed by atoms with Gasteiger partial charge in [-0.05, 0) is 63.1 Å². The molecule has 2 saturated heterocycles. The third-order valence-electron chi connectivity index (χ3n) is 6.57. The van der Waals surface area contributed by atoms with Crippen molar-refractivity contribution in [2.24, 2.45) is 0 Å². The van der Waals surface area contributed by atoms with E-state index < -0.39 is 0 Å². The Morgan fingerprint density at radius 3 is 2.32 bits per heavy atom. The molecule has 2 aliphatic heterocycles. The van der Waals surface area contributed by atoms with Crippen LogP contribution in [0.15, 0.2) is 48.7 Å². The first kappa shape index (κ1) is 21.8. The number of likely N-dealkylation sites (tertiary alicyclic amines) is 1. The Bertz CT molecular complexity index is 823. The van der Waals surface area contributed by atoms with Gasteiger partial charge in [-0.1, -0.05) is 6.07 Å².